The Morgan fingerprint density at radius 1 is 1.33 bits per heavy atom. The molecule has 6 heteroatoms. The Labute approximate surface area is 104 Å². The number of anilines is 1. The molecule has 4 nitrogen and oxygen atoms in total. The smallest absolute Gasteiger partial charge is 0.341 e. The van der Waals surface area contributed by atoms with E-state index in [2.05, 4.69) is 0 Å². The van der Waals surface area contributed by atoms with E-state index < -0.39 is 28.9 Å². The molecule has 1 rings (SSSR count). The van der Waals surface area contributed by atoms with Crippen molar-refractivity contribution in [2.75, 3.05) is 18.9 Å². The summed E-state index contributed by atoms with van der Waals surface area (Å²) in [5, 5.41) is 0. The van der Waals surface area contributed by atoms with Gasteiger partial charge < -0.3 is 15.2 Å². The minimum absolute atomic E-state index is 0.00486. The monoisotopic (exact) mass is 259 g/mol. The number of carbonyl (C=O) groups is 1. The van der Waals surface area contributed by atoms with Gasteiger partial charge >= 0.3 is 5.97 Å². The number of ether oxygens (including phenoxy) is 2. The fourth-order valence-electron chi connectivity index (χ4n) is 1.25. The van der Waals surface area contributed by atoms with E-state index in [1.807, 2.05) is 13.8 Å². The van der Waals surface area contributed by atoms with Crippen LogP contribution in [0.15, 0.2) is 12.1 Å². The fraction of sp³-hybridized carbons (Fsp3) is 0.417. The molecule has 0 amide bonds. The van der Waals surface area contributed by atoms with E-state index in [1.165, 1.54) is 0 Å². The van der Waals surface area contributed by atoms with E-state index in [-0.39, 0.29) is 19.3 Å². The van der Waals surface area contributed by atoms with Crippen LogP contribution in [0.25, 0.3) is 0 Å². The molecule has 1 aromatic rings. The van der Waals surface area contributed by atoms with Gasteiger partial charge in [0.15, 0.2) is 5.82 Å². The third kappa shape index (κ3) is 3.96. The van der Waals surface area contributed by atoms with Gasteiger partial charge in [-0.05, 0) is 26.0 Å². The van der Waals surface area contributed by atoms with E-state index in [4.69, 9.17) is 15.2 Å². The van der Waals surface area contributed by atoms with Gasteiger partial charge in [0.05, 0.1) is 18.4 Å². The van der Waals surface area contributed by atoms with Crippen LogP contribution in [0.3, 0.4) is 0 Å². The van der Waals surface area contributed by atoms with Crippen molar-refractivity contribution >= 4 is 11.7 Å². The largest absolute Gasteiger partial charge is 0.460 e. The Kier molecular flexibility index (Phi) is 5.03. The van der Waals surface area contributed by atoms with E-state index in [1.54, 1.807) is 0 Å². The molecule has 0 aromatic heterocycles. The van der Waals surface area contributed by atoms with E-state index in [9.17, 15) is 13.6 Å². The Bertz CT molecular complexity index is 436. The quantitative estimate of drug-likeness (QED) is 0.500. The Balaban J connectivity index is 2.62. The zero-order valence-electron chi connectivity index (χ0n) is 10.2. The molecule has 2 N–H and O–H groups in total. The van der Waals surface area contributed by atoms with Gasteiger partial charge in [0.1, 0.15) is 18.0 Å². The molecule has 0 aliphatic carbocycles. The molecule has 0 saturated heterocycles. The molecule has 0 bridgehead atoms. The summed E-state index contributed by atoms with van der Waals surface area (Å²) in [7, 11) is 0. The highest BCUT2D eigenvalue weighted by Crippen LogP contribution is 2.18. The van der Waals surface area contributed by atoms with Crippen LogP contribution in [0, 0.1) is 11.6 Å². The fourth-order valence-corrected chi connectivity index (χ4v) is 1.25. The van der Waals surface area contributed by atoms with Crippen molar-refractivity contribution in [2.24, 2.45) is 0 Å². The molecule has 0 radical (unpaired) electrons. The summed E-state index contributed by atoms with van der Waals surface area (Å²) in [4.78, 5) is 11.5. The molecule has 0 spiro atoms. The van der Waals surface area contributed by atoms with Crippen molar-refractivity contribution in [1.29, 1.82) is 0 Å². The van der Waals surface area contributed by atoms with Crippen LogP contribution in [-0.4, -0.2) is 25.3 Å². The zero-order valence-corrected chi connectivity index (χ0v) is 10.2. The minimum atomic E-state index is -0.980. The maximum Gasteiger partial charge on any atom is 0.341 e. The van der Waals surface area contributed by atoms with Crippen LogP contribution < -0.4 is 5.73 Å². The van der Waals surface area contributed by atoms with Gasteiger partial charge in [-0.25, -0.2) is 13.6 Å². The van der Waals surface area contributed by atoms with Crippen molar-refractivity contribution in [3.8, 4) is 0 Å². The third-order valence-corrected chi connectivity index (χ3v) is 2.05. The summed E-state index contributed by atoms with van der Waals surface area (Å²) in [6.45, 7) is 3.81. The van der Waals surface area contributed by atoms with Gasteiger partial charge in [-0.3, -0.25) is 0 Å². The van der Waals surface area contributed by atoms with Crippen molar-refractivity contribution < 1.29 is 23.0 Å². The average Bonchev–Trinajstić information content (AvgIpc) is 2.28. The summed E-state index contributed by atoms with van der Waals surface area (Å²) in [6.07, 6.45) is 0.00486. The van der Waals surface area contributed by atoms with Gasteiger partial charge in [0, 0.05) is 0 Å². The van der Waals surface area contributed by atoms with Crippen LogP contribution >= 0.6 is 0 Å². The number of nitrogens with two attached hydrogens (primary N) is 1. The number of nitrogen functional groups attached to an aromatic ring is 1. The van der Waals surface area contributed by atoms with Crippen molar-refractivity contribution in [2.45, 2.75) is 20.0 Å². The molecule has 1 aromatic carbocycles. The van der Waals surface area contributed by atoms with Crippen molar-refractivity contribution in [3.63, 3.8) is 0 Å². The molecule has 0 aliphatic rings. The lowest BCUT2D eigenvalue weighted by Gasteiger charge is -2.09. The lowest BCUT2D eigenvalue weighted by atomic mass is 10.2. The standard InChI is InChI=1S/C12H15F2NO3/c1-7(2)17-3-4-18-12(16)9-5-8(13)6-10(15)11(9)14/h5-7H,3-4,15H2,1-2H3. The Hall–Kier alpha value is -1.69. The summed E-state index contributed by atoms with van der Waals surface area (Å²) < 4.78 is 36.3. The predicted octanol–water partition coefficient (Wildman–Crippen LogP) is 2.13. The number of hydrogen-bond donors (Lipinski definition) is 1. The molecule has 0 atom stereocenters. The molecule has 0 unspecified atom stereocenters. The predicted molar refractivity (Wildman–Crippen MR) is 62.1 cm³/mol. The highest BCUT2D eigenvalue weighted by molar-refractivity contribution is 5.90. The summed E-state index contributed by atoms with van der Waals surface area (Å²) in [6, 6.07) is 1.55. The maximum absolute atomic E-state index is 13.4. The lowest BCUT2D eigenvalue weighted by molar-refractivity contribution is 0.0173. The van der Waals surface area contributed by atoms with Gasteiger partial charge in [-0.2, -0.15) is 0 Å². The molecular weight excluding hydrogens is 244 g/mol. The van der Waals surface area contributed by atoms with Crippen LogP contribution in [0.2, 0.25) is 0 Å². The highest BCUT2D eigenvalue weighted by Gasteiger charge is 2.17. The number of carbonyl (C=O) groups excluding carboxylic acids is 1. The number of halogens is 2. The van der Waals surface area contributed by atoms with Crippen LogP contribution in [0.4, 0.5) is 14.5 Å². The first kappa shape index (κ1) is 14.4. The molecule has 0 saturated carbocycles. The first-order valence-electron chi connectivity index (χ1n) is 5.45. The van der Waals surface area contributed by atoms with Crippen LogP contribution in [0.1, 0.15) is 24.2 Å². The normalized spacial score (nSPS) is 10.7. The van der Waals surface area contributed by atoms with Gasteiger partial charge in [0.25, 0.3) is 0 Å². The molecule has 0 fully saturated rings. The van der Waals surface area contributed by atoms with E-state index in [0.717, 1.165) is 12.1 Å². The third-order valence-electron chi connectivity index (χ3n) is 2.05. The summed E-state index contributed by atoms with van der Waals surface area (Å²) >= 11 is 0. The zero-order chi connectivity index (χ0) is 13.7. The lowest BCUT2D eigenvalue weighted by Crippen LogP contribution is -2.15. The van der Waals surface area contributed by atoms with Gasteiger partial charge in [0.2, 0.25) is 0 Å². The molecule has 100 valence electrons. The van der Waals surface area contributed by atoms with E-state index >= 15 is 0 Å². The number of benzene rings is 1. The second-order valence-corrected chi connectivity index (χ2v) is 3.91. The van der Waals surface area contributed by atoms with Crippen LogP contribution in [0.5, 0.6) is 0 Å². The molecule has 0 aliphatic heterocycles. The summed E-state index contributed by atoms with van der Waals surface area (Å²) in [5.74, 6) is -2.74. The number of hydrogen-bond acceptors (Lipinski definition) is 4. The maximum atomic E-state index is 13.4. The first-order chi connectivity index (χ1) is 8.41. The SMILES string of the molecule is CC(C)OCCOC(=O)c1cc(F)cc(N)c1F. The van der Waals surface area contributed by atoms with Gasteiger partial charge in [-0.15, -0.1) is 0 Å². The average molecular weight is 259 g/mol. The minimum Gasteiger partial charge on any atom is -0.460 e. The van der Waals surface area contributed by atoms with Crippen LogP contribution in [-0.2, 0) is 9.47 Å². The molecule has 18 heavy (non-hydrogen) atoms. The van der Waals surface area contributed by atoms with Crippen molar-refractivity contribution in [3.05, 3.63) is 29.3 Å². The van der Waals surface area contributed by atoms with Gasteiger partial charge in [-0.1, -0.05) is 0 Å². The second-order valence-electron chi connectivity index (χ2n) is 3.91. The summed E-state index contributed by atoms with van der Waals surface area (Å²) in [5.41, 5.74) is 4.26. The highest BCUT2D eigenvalue weighted by atomic mass is 19.1. The second kappa shape index (κ2) is 6.30. The number of rotatable bonds is 5. The molecule has 0 heterocycles. The Morgan fingerprint density at radius 2 is 2.00 bits per heavy atom. The first-order valence-corrected chi connectivity index (χ1v) is 5.45. The Morgan fingerprint density at radius 3 is 2.61 bits per heavy atom. The van der Waals surface area contributed by atoms with Crippen molar-refractivity contribution in [1.82, 2.24) is 0 Å². The topological polar surface area (TPSA) is 61.5 Å². The van der Waals surface area contributed by atoms with E-state index in [0.29, 0.717) is 0 Å². The molecular formula is C12H15F2NO3. The number of esters is 1.